The van der Waals surface area contributed by atoms with Gasteiger partial charge in [0, 0.05) is 5.69 Å². The van der Waals surface area contributed by atoms with E-state index in [1.165, 1.54) is 0 Å². The van der Waals surface area contributed by atoms with Gasteiger partial charge in [-0.3, -0.25) is 9.69 Å². The van der Waals surface area contributed by atoms with Crippen LogP contribution in [0.2, 0.25) is 0 Å². The highest BCUT2D eigenvalue weighted by atomic mass is 16.2. The Morgan fingerprint density at radius 2 is 1.95 bits per heavy atom. The minimum absolute atomic E-state index is 0.00761. The summed E-state index contributed by atoms with van der Waals surface area (Å²) < 4.78 is 0. The van der Waals surface area contributed by atoms with Crippen LogP contribution in [0.25, 0.3) is 11.0 Å². The van der Waals surface area contributed by atoms with Crippen molar-refractivity contribution < 1.29 is 4.79 Å². The van der Waals surface area contributed by atoms with Crippen molar-refractivity contribution in [2.45, 2.75) is 32.7 Å². The van der Waals surface area contributed by atoms with Crippen LogP contribution in [0.15, 0.2) is 23.0 Å². The molecule has 1 amide bonds. The third-order valence-corrected chi connectivity index (χ3v) is 4.53. The van der Waals surface area contributed by atoms with Crippen molar-refractivity contribution in [2.75, 3.05) is 18.4 Å². The number of hydrogen-bond acceptors (Lipinski definition) is 3. The molecule has 0 radical (unpaired) electrons. The molecule has 1 atom stereocenters. The van der Waals surface area contributed by atoms with E-state index in [0.29, 0.717) is 11.2 Å². The number of carbonyl (C=O) groups excluding carboxylic acids is 1. The summed E-state index contributed by atoms with van der Waals surface area (Å²) in [6.45, 7) is 6.15. The summed E-state index contributed by atoms with van der Waals surface area (Å²) in [7, 11) is 0. The number of fused-ring (bicyclic) bond motifs is 1. The lowest BCUT2D eigenvalue weighted by molar-refractivity contribution is -0.121. The normalized spacial score (nSPS) is 18.5. The topological polar surface area (TPSA) is 81.0 Å². The maximum Gasteiger partial charge on any atom is 0.323 e. The maximum absolute atomic E-state index is 12.4. The first-order chi connectivity index (χ1) is 10.5. The molecule has 0 aliphatic carbocycles. The number of carbonyl (C=O) groups is 1. The van der Waals surface area contributed by atoms with E-state index < -0.39 is 0 Å². The number of piperidine rings is 1. The van der Waals surface area contributed by atoms with Gasteiger partial charge < -0.3 is 15.3 Å². The van der Waals surface area contributed by atoms with Crippen LogP contribution in [-0.2, 0) is 4.79 Å². The average molecular weight is 302 g/mol. The molecular weight excluding hydrogens is 280 g/mol. The van der Waals surface area contributed by atoms with Gasteiger partial charge in [0.15, 0.2) is 0 Å². The van der Waals surface area contributed by atoms with Crippen molar-refractivity contribution in [3.63, 3.8) is 0 Å². The summed E-state index contributed by atoms with van der Waals surface area (Å²) in [5, 5.41) is 2.94. The minimum Gasteiger partial charge on any atom is -0.325 e. The van der Waals surface area contributed by atoms with Gasteiger partial charge in [-0.2, -0.15) is 0 Å². The smallest absolute Gasteiger partial charge is 0.323 e. The molecular formula is C16H22N4O2. The number of benzene rings is 1. The SMILES string of the molecule is CC1CCN([C@@H](C)C(=O)Nc2ccc3[nH]c(=O)[nH]c3c2)CC1. The molecule has 0 unspecified atom stereocenters. The summed E-state index contributed by atoms with van der Waals surface area (Å²) in [5.41, 5.74) is 1.89. The molecule has 0 spiro atoms. The van der Waals surface area contributed by atoms with Crippen molar-refractivity contribution in [1.82, 2.24) is 14.9 Å². The zero-order valence-electron chi connectivity index (χ0n) is 13.0. The van der Waals surface area contributed by atoms with E-state index in [1.807, 2.05) is 6.92 Å². The van der Waals surface area contributed by atoms with Gasteiger partial charge in [-0.05, 0) is 57.0 Å². The molecule has 118 valence electrons. The van der Waals surface area contributed by atoms with Crippen LogP contribution in [0.3, 0.4) is 0 Å². The standard InChI is InChI=1S/C16H22N4O2/c1-10-5-7-20(8-6-10)11(2)15(21)17-12-3-4-13-14(9-12)19-16(22)18-13/h3-4,9-11H,5-8H2,1-2H3,(H,17,21)(H2,18,19,22)/t11-/m0/s1. The molecule has 1 saturated heterocycles. The zero-order chi connectivity index (χ0) is 15.7. The van der Waals surface area contributed by atoms with Gasteiger partial charge in [0.05, 0.1) is 17.1 Å². The van der Waals surface area contributed by atoms with Crippen molar-refractivity contribution in [2.24, 2.45) is 5.92 Å². The van der Waals surface area contributed by atoms with E-state index in [-0.39, 0.29) is 17.6 Å². The predicted molar refractivity (Wildman–Crippen MR) is 87.0 cm³/mol. The molecule has 2 aromatic rings. The molecule has 1 fully saturated rings. The number of hydrogen-bond donors (Lipinski definition) is 3. The molecule has 3 rings (SSSR count). The van der Waals surface area contributed by atoms with Gasteiger partial charge in [-0.1, -0.05) is 6.92 Å². The third-order valence-electron chi connectivity index (χ3n) is 4.53. The summed E-state index contributed by atoms with van der Waals surface area (Å²) in [5.74, 6) is 0.742. The molecule has 0 saturated carbocycles. The lowest BCUT2D eigenvalue weighted by atomic mass is 9.98. The van der Waals surface area contributed by atoms with Crippen LogP contribution in [0, 0.1) is 5.92 Å². The van der Waals surface area contributed by atoms with Gasteiger partial charge in [0.1, 0.15) is 0 Å². The first-order valence-electron chi connectivity index (χ1n) is 7.80. The largest absolute Gasteiger partial charge is 0.325 e. The second kappa shape index (κ2) is 5.96. The highest BCUT2D eigenvalue weighted by Gasteiger charge is 2.25. The number of nitrogens with one attached hydrogen (secondary N) is 3. The molecule has 22 heavy (non-hydrogen) atoms. The summed E-state index contributed by atoms with van der Waals surface area (Å²) in [4.78, 5) is 31.3. The van der Waals surface area contributed by atoms with Crippen molar-refractivity contribution in [1.29, 1.82) is 0 Å². The van der Waals surface area contributed by atoms with Gasteiger partial charge in [-0.15, -0.1) is 0 Å². The lowest BCUT2D eigenvalue weighted by Crippen LogP contribution is -2.45. The predicted octanol–water partition coefficient (Wildman–Crippen LogP) is 1.92. The van der Waals surface area contributed by atoms with E-state index in [4.69, 9.17) is 0 Å². The van der Waals surface area contributed by atoms with Gasteiger partial charge in [0.25, 0.3) is 0 Å². The Kier molecular flexibility index (Phi) is 4.02. The summed E-state index contributed by atoms with van der Waals surface area (Å²) >= 11 is 0. The van der Waals surface area contributed by atoms with E-state index in [9.17, 15) is 9.59 Å². The average Bonchev–Trinajstić information content (AvgIpc) is 2.86. The lowest BCUT2D eigenvalue weighted by Gasteiger charge is -2.34. The number of aromatic nitrogens is 2. The van der Waals surface area contributed by atoms with Crippen molar-refractivity contribution >= 4 is 22.6 Å². The molecule has 1 aliphatic rings. The highest BCUT2D eigenvalue weighted by Crippen LogP contribution is 2.19. The molecule has 6 heteroatoms. The number of likely N-dealkylation sites (tertiary alicyclic amines) is 1. The molecule has 1 aliphatic heterocycles. The number of H-pyrrole nitrogens is 2. The quantitative estimate of drug-likeness (QED) is 0.810. The van der Waals surface area contributed by atoms with E-state index >= 15 is 0 Å². The monoisotopic (exact) mass is 302 g/mol. The number of anilines is 1. The number of rotatable bonds is 3. The first-order valence-corrected chi connectivity index (χ1v) is 7.80. The van der Waals surface area contributed by atoms with E-state index in [1.54, 1.807) is 18.2 Å². The third kappa shape index (κ3) is 3.06. The molecule has 3 N–H and O–H groups in total. The fourth-order valence-electron chi connectivity index (χ4n) is 2.94. The second-order valence-corrected chi connectivity index (χ2v) is 6.22. The first kappa shape index (κ1) is 14.8. The van der Waals surface area contributed by atoms with Gasteiger partial charge in [-0.25, -0.2) is 4.79 Å². The fraction of sp³-hybridized carbons (Fsp3) is 0.500. The minimum atomic E-state index is -0.241. The molecule has 0 bridgehead atoms. The van der Waals surface area contributed by atoms with Crippen LogP contribution in [0.5, 0.6) is 0 Å². The Hall–Kier alpha value is -2.08. The molecule has 2 heterocycles. The van der Waals surface area contributed by atoms with Gasteiger partial charge in [0.2, 0.25) is 5.91 Å². The molecule has 1 aromatic carbocycles. The number of amides is 1. The Balaban J connectivity index is 1.68. The molecule has 6 nitrogen and oxygen atoms in total. The van der Waals surface area contributed by atoms with Crippen molar-refractivity contribution in [3.8, 4) is 0 Å². The van der Waals surface area contributed by atoms with Crippen LogP contribution >= 0.6 is 0 Å². The van der Waals surface area contributed by atoms with Crippen LogP contribution < -0.4 is 11.0 Å². The number of aromatic amines is 2. The highest BCUT2D eigenvalue weighted by molar-refractivity contribution is 5.96. The van der Waals surface area contributed by atoms with Crippen molar-refractivity contribution in [3.05, 3.63) is 28.7 Å². The van der Waals surface area contributed by atoms with E-state index in [2.05, 4.69) is 27.1 Å². The maximum atomic E-state index is 12.4. The Labute approximate surface area is 128 Å². The van der Waals surface area contributed by atoms with Crippen LogP contribution in [-0.4, -0.2) is 39.9 Å². The Bertz CT molecular complexity index is 725. The zero-order valence-corrected chi connectivity index (χ0v) is 13.0. The summed E-state index contributed by atoms with van der Waals surface area (Å²) in [6.07, 6.45) is 2.29. The fourth-order valence-corrected chi connectivity index (χ4v) is 2.94. The Morgan fingerprint density at radius 1 is 1.27 bits per heavy atom. The Morgan fingerprint density at radius 3 is 2.68 bits per heavy atom. The number of nitrogens with zero attached hydrogens (tertiary/aromatic N) is 1. The van der Waals surface area contributed by atoms with Gasteiger partial charge >= 0.3 is 5.69 Å². The second-order valence-electron chi connectivity index (χ2n) is 6.22. The van der Waals surface area contributed by atoms with Crippen LogP contribution in [0.4, 0.5) is 5.69 Å². The van der Waals surface area contributed by atoms with Crippen LogP contribution in [0.1, 0.15) is 26.7 Å². The van der Waals surface area contributed by atoms with E-state index in [0.717, 1.165) is 37.4 Å². The summed E-state index contributed by atoms with van der Waals surface area (Å²) in [6, 6.07) is 5.22. The number of imidazole rings is 1. The molecule has 1 aromatic heterocycles.